The van der Waals surface area contributed by atoms with E-state index in [4.69, 9.17) is 4.74 Å². The zero-order valence-electron chi connectivity index (χ0n) is 14.4. The fraction of sp³-hybridized carbons (Fsp3) is 0.300. The van der Waals surface area contributed by atoms with Crippen molar-refractivity contribution in [2.75, 3.05) is 11.4 Å². The summed E-state index contributed by atoms with van der Waals surface area (Å²) >= 11 is 0. The molecule has 0 fully saturated rings. The van der Waals surface area contributed by atoms with Crippen LogP contribution in [0.2, 0.25) is 0 Å². The monoisotopic (exact) mass is 323 g/mol. The molecular weight excluding hydrogens is 300 g/mol. The molecule has 1 amide bonds. The van der Waals surface area contributed by atoms with Crippen molar-refractivity contribution in [3.63, 3.8) is 0 Å². The lowest BCUT2D eigenvalue weighted by Gasteiger charge is -2.35. The second kappa shape index (κ2) is 6.87. The van der Waals surface area contributed by atoms with Gasteiger partial charge in [-0.05, 0) is 19.4 Å². The summed E-state index contributed by atoms with van der Waals surface area (Å²) in [5.74, 6) is 0.805. The van der Waals surface area contributed by atoms with Crippen LogP contribution in [-0.2, 0) is 7.05 Å². The number of anilines is 1. The Kier molecular flexibility index (Phi) is 4.65. The molecule has 124 valence electrons. The van der Waals surface area contributed by atoms with Gasteiger partial charge in [-0.3, -0.25) is 4.79 Å². The molecule has 4 heteroatoms. The number of nitrogens with zero attached hydrogens (tertiary/aromatic N) is 2. The van der Waals surface area contributed by atoms with Gasteiger partial charge in [0.05, 0.1) is 17.8 Å². The second-order valence-corrected chi connectivity index (χ2v) is 6.01. The number of para-hydroxylation sites is 1. The zero-order valence-corrected chi connectivity index (χ0v) is 14.4. The minimum atomic E-state index is 0.00711. The Balaban J connectivity index is 2.04. The van der Waals surface area contributed by atoms with E-state index < -0.39 is 0 Å². The number of ether oxygens (including phenoxy) is 1. The number of rotatable bonds is 3. The van der Waals surface area contributed by atoms with E-state index in [-0.39, 0.29) is 12.0 Å². The molecule has 4 nitrogen and oxygen atoms in total. The van der Waals surface area contributed by atoms with Gasteiger partial charge in [-0.2, -0.15) is 0 Å². The number of hydrogen-bond acceptors (Lipinski definition) is 2. The van der Waals surface area contributed by atoms with Crippen LogP contribution in [-0.4, -0.2) is 18.6 Å². The molecule has 0 spiro atoms. The van der Waals surface area contributed by atoms with E-state index in [0.717, 1.165) is 23.4 Å². The molecule has 1 aromatic carbocycles. The van der Waals surface area contributed by atoms with Crippen LogP contribution in [0.3, 0.4) is 0 Å². The number of carbonyl (C=O) groups excluding carboxylic acids is 1. The van der Waals surface area contributed by atoms with Crippen LogP contribution in [0.25, 0.3) is 6.08 Å². The highest BCUT2D eigenvalue weighted by atomic mass is 16.5. The number of pyridine rings is 1. The Morgan fingerprint density at radius 3 is 2.75 bits per heavy atom. The van der Waals surface area contributed by atoms with Crippen LogP contribution in [0, 0.1) is 0 Å². The number of carbonyl (C=O) groups is 1. The Morgan fingerprint density at radius 2 is 2.08 bits per heavy atom. The van der Waals surface area contributed by atoms with Gasteiger partial charge in [0.2, 0.25) is 0 Å². The van der Waals surface area contributed by atoms with E-state index in [1.807, 2.05) is 78.3 Å². The van der Waals surface area contributed by atoms with Crippen molar-refractivity contribution >= 4 is 17.7 Å². The van der Waals surface area contributed by atoms with Crippen molar-refractivity contribution in [2.45, 2.75) is 26.4 Å². The molecule has 1 unspecified atom stereocenters. The van der Waals surface area contributed by atoms with Crippen molar-refractivity contribution in [1.29, 1.82) is 0 Å². The molecular formula is C20H23N2O2+. The third-order valence-electron chi connectivity index (χ3n) is 4.26. The highest BCUT2D eigenvalue weighted by Gasteiger charge is 2.30. The molecule has 2 heterocycles. The first-order valence-electron chi connectivity index (χ1n) is 8.33. The summed E-state index contributed by atoms with van der Waals surface area (Å²) in [4.78, 5) is 14.9. The van der Waals surface area contributed by atoms with E-state index in [2.05, 4.69) is 6.92 Å². The Morgan fingerprint density at radius 1 is 1.33 bits per heavy atom. The Hall–Kier alpha value is -2.62. The van der Waals surface area contributed by atoms with E-state index >= 15 is 0 Å². The van der Waals surface area contributed by atoms with Gasteiger partial charge in [0.25, 0.3) is 5.91 Å². The predicted molar refractivity (Wildman–Crippen MR) is 95.2 cm³/mol. The molecule has 1 aromatic heterocycles. The first kappa shape index (κ1) is 16.2. The number of hydrogen-bond donors (Lipinski definition) is 0. The Bertz CT molecular complexity index is 766. The molecule has 3 rings (SSSR count). The van der Waals surface area contributed by atoms with Crippen LogP contribution in [0.15, 0.2) is 48.8 Å². The first-order chi connectivity index (χ1) is 11.6. The van der Waals surface area contributed by atoms with Crippen molar-refractivity contribution < 1.29 is 14.1 Å². The summed E-state index contributed by atoms with van der Waals surface area (Å²) in [6.45, 7) is 4.63. The van der Waals surface area contributed by atoms with E-state index in [0.29, 0.717) is 12.1 Å². The van der Waals surface area contributed by atoms with Crippen LogP contribution in [0.5, 0.6) is 5.75 Å². The molecule has 2 aromatic rings. The van der Waals surface area contributed by atoms with E-state index in [1.54, 1.807) is 0 Å². The number of aromatic nitrogens is 1. The van der Waals surface area contributed by atoms with Crippen LogP contribution in [0.1, 0.15) is 36.2 Å². The summed E-state index contributed by atoms with van der Waals surface area (Å²) in [5.41, 5.74) is 2.53. The van der Waals surface area contributed by atoms with Gasteiger partial charge in [0, 0.05) is 17.7 Å². The third kappa shape index (κ3) is 3.04. The minimum Gasteiger partial charge on any atom is -0.486 e. The summed E-state index contributed by atoms with van der Waals surface area (Å²) in [6.07, 6.45) is 8.65. The van der Waals surface area contributed by atoms with Crippen LogP contribution >= 0.6 is 0 Å². The number of fused-ring (bicyclic) bond motifs is 1. The highest BCUT2D eigenvalue weighted by Crippen LogP contribution is 2.38. The van der Waals surface area contributed by atoms with Gasteiger partial charge in [-0.25, -0.2) is 4.57 Å². The van der Waals surface area contributed by atoms with Gasteiger partial charge >= 0.3 is 0 Å². The summed E-state index contributed by atoms with van der Waals surface area (Å²) in [7, 11) is 1.94. The number of amides is 1. The largest absolute Gasteiger partial charge is 0.486 e. The maximum Gasteiger partial charge on any atom is 0.258 e. The van der Waals surface area contributed by atoms with Gasteiger partial charge < -0.3 is 9.64 Å². The lowest BCUT2D eigenvalue weighted by atomic mass is 10.1. The summed E-state index contributed by atoms with van der Waals surface area (Å²) in [6, 6.07) is 9.65. The quantitative estimate of drug-likeness (QED) is 0.812. The average molecular weight is 323 g/mol. The molecule has 0 saturated heterocycles. The predicted octanol–water partition coefficient (Wildman–Crippen LogP) is 3.36. The summed E-state index contributed by atoms with van der Waals surface area (Å²) in [5, 5.41) is 0. The standard InChI is InChI=1S/C20H23N2O2/c1-4-7-15-8-6-9-18-19(15)24-17(5-2)14-22(18)20(23)16-10-12-21(3)13-11-16/h4,6-13,17H,5,14H2,1-3H3/q+1/b7-4+. The highest BCUT2D eigenvalue weighted by molar-refractivity contribution is 6.07. The number of allylic oxidation sites excluding steroid dienone is 1. The fourth-order valence-electron chi connectivity index (χ4n) is 2.90. The molecule has 1 aliphatic rings. The van der Waals surface area contributed by atoms with Gasteiger partial charge in [-0.1, -0.05) is 31.2 Å². The molecule has 0 radical (unpaired) electrons. The zero-order chi connectivity index (χ0) is 17.1. The normalized spacial score (nSPS) is 16.8. The SMILES string of the molecule is C/C=C/c1cccc2c1OC(CC)CN2C(=O)c1cc[n+](C)cc1. The molecule has 0 saturated carbocycles. The molecule has 1 aliphatic heterocycles. The third-order valence-corrected chi connectivity index (χ3v) is 4.26. The molecule has 0 N–H and O–H groups in total. The molecule has 0 bridgehead atoms. The average Bonchev–Trinajstić information content (AvgIpc) is 2.61. The topological polar surface area (TPSA) is 33.4 Å². The van der Waals surface area contributed by atoms with Crippen molar-refractivity contribution in [3.05, 3.63) is 59.9 Å². The van der Waals surface area contributed by atoms with E-state index in [1.165, 1.54) is 0 Å². The molecule has 0 aliphatic carbocycles. The van der Waals surface area contributed by atoms with Gasteiger partial charge in [-0.15, -0.1) is 0 Å². The fourth-order valence-corrected chi connectivity index (χ4v) is 2.90. The van der Waals surface area contributed by atoms with Crippen LogP contribution < -0.4 is 14.2 Å². The number of benzene rings is 1. The maximum absolute atomic E-state index is 13.0. The van der Waals surface area contributed by atoms with Crippen molar-refractivity contribution in [1.82, 2.24) is 0 Å². The molecule has 1 atom stereocenters. The van der Waals surface area contributed by atoms with Gasteiger partial charge in [0.15, 0.2) is 18.1 Å². The number of aryl methyl sites for hydroxylation is 1. The lowest BCUT2D eigenvalue weighted by Crippen LogP contribution is -2.43. The lowest BCUT2D eigenvalue weighted by molar-refractivity contribution is -0.671. The smallest absolute Gasteiger partial charge is 0.258 e. The van der Waals surface area contributed by atoms with Gasteiger partial charge in [0.1, 0.15) is 13.2 Å². The van der Waals surface area contributed by atoms with Crippen molar-refractivity contribution in [3.8, 4) is 5.75 Å². The second-order valence-electron chi connectivity index (χ2n) is 6.01. The summed E-state index contributed by atoms with van der Waals surface area (Å²) < 4.78 is 8.07. The van der Waals surface area contributed by atoms with Crippen LogP contribution in [0.4, 0.5) is 5.69 Å². The first-order valence-corrected chi connectivity index (χ1v) is 8.33. The minimum absolute atomic E-state index is 0.00711. The maximum atomic E-state index is 13.0. The van der Waals surface area contributed by atoms with Crippen molar-refractivity contribution in [2.24, 2.45) is 7.05 Å². The van der Waals surface area contributed by atoms with E-state index in [9.17, 15) is 4.79 Å². The Labute approximate surface area is 143 Å². The molecule has 24 heavy (non-hydrogen) atoms.